The minimum absolute atomic E-state index is 0.0992. The van der Waals surface area contributed by atoms with Crippen LogP contribution in [-0.2, 0) is 4.74 Å². The maximum Gasteiger partial charge on any atom is 0.126 e. The van der Waals surface area contributed by atoms with E-state index < -0.39 is 11.6 Å². The second-order valence-electron chi connectivity index (χ2n) is 4.85. The number of rotatable bonds is 7. The smallest absolute Gasteiger partial charge is 0.126 e. The van der Waals surface area contributed by atoms with E-state index in [4.69, 9.17) is 4.74 Å². The maximum atomic E-state index is 13.0. The molecule has 0 bridgehead atoms. The Balaban J connectivity index is 2.34. The fourth-order valence-corrected chi connectivity index (χ4v) is 1.61. The van der Waals surface area contributed by atoms with Gasteiger partial charge in [0.1, 0.15) is 11.6 Å². The summed E-state index contributed by atoms with van der Waals surface area (Å²) in [6.45, 7) is 8.03. The van der Waals surface area contributed by atoms with Crippen LogP contribution in [0.1, 0.15) is 32.4 Å². The van der Waals surface area contributed by atoms with Gasteiger partial charge in [-0.2, -0.15) is 0 Å². The lowest BCUT2D eigenvalue weighted by molar-refractivity contribution is 0.110. The molecule has 0 aliphatic carbocycles. The van der Waals surface area contributed by atoms with Crippen molar-refractivity contribution in [2.75, 3.05) is 19.8 Å². The molecule has 0 amide bonds. The molecule has 1 unspecified atom stereocenters. The van der Waals surface area contributed by atoms with Crippen molar-refractivity contribution in [3.63, 3.8) is 0 Å². The molecule has 1 aromatic carbocycles. The van der Waals surface area contributed by atoms with E-state index in [0.717, 1.165) is 12.7 Å². The molecule has 0 spiro atoms. The molecule has 1 atom stereocenters. The van der Waals surface area contributed by atoms with E-state index in [-0.39, 0.29) is 6.04 Å². The molecule has 0 fully saturated rings. The quantitative estimate of drug-likeness (QED) is 0.757. The normalized spacial score (nSPS) is 13.0. The number of benzene rings is 1. The fraction of sp³-hybridized carbons (Fsp3) is 0.571. The average Bonchev–Trinajstić information content (AvgIpc) is 2.26. The average molecular weight is 257 g/mol. The summed E-state index contributed by atoms with van der Waals surface area (Å²) in [7, 11) is 0. The summed E-state index contributed by atoms with van der Waals surface area (Å²) in [5.41, 5.74) is 0.608. The standard InChI is InChI=1S/C14H21F2NO/c1-10(2)9-18-5-4-17-11(3)12-6-13(15)8-14(16)7-12/h6-8,10-11,17H,4-5,9H2,1-3H3. The summed E-state index contributed by atoms with van der Waals surface area (Å²) >= 11 is 0. The van der Waals surface area contributed by atoms with E-state index in [1.54, 1.807) is 0 Å². The third kappa shape index (κ3) is 5.56. The SMILES string of the molecule is CC(C)COCCNC(C)c1cc(F)cc(F)c1. The molecular formula is C14H21F2NO. The predicted octanol–water partition coefficient (Wildman–Crippen LogP) is 3.29. The van der Waals surface area contributed by atoms with Crippen molar-refractivity contribution in [3.8, 4) is 0 Å². The van der Waals surface area contributed by atoms with Crippen molar-refractivity contribution in [2.24, 2.45) is 5.92 Å². The van der Waals surface area contributed by atoms with Gasteiger partial charge in [0.2, 0.25) is 0 Å². The Morgan fingerprint density at radius 3 is 2.28 bits per heavy atom. The first-order valence-corrected chi connectivity index (χ1v) is 6.26. The monoisotopic (exact) mass is 257 g/mol. The zero-order valence-electron chi connectivity index (χ0n) is 11.2. The second-order valence-corrected chi connectivity index (χ2v) is 4.85. The first-order valence-electron chi connectivity index (χ1n) is 6.26. The van der Waals surface area contributed by atoms with Gasteiger partial charge in [0.05, 0.1) is 6.61 Å². The third-order valence-corrected chi connectivity index (χ3v) is 2.53. The maximum absolute atomic E-state index is 13.0. The molecule has 0 saturated carbocycles. The lowest BCUT2D eigenvalue weighted by atomic mass is 10.1. The van der Waals surface area contributed by atoms with Gasteiger partial charge in [-0.1, -0.05) is 13.8 Å². The minimum Gasteiger partial charge on any atom is -0.380 e. The van der Waals surface area contributed by atoms with Gasteiger partial charge in [-0.05, 0) is 30.5 Å². The highest BCUT2D eigenvalue weighted by molar-refractivity contribution is 5.20. The van der Waals surface area contributed by atoms with E-state index in [9.17, 15) is 8.78 Å². The van der Waals surface area contributed by atoms with Crippen LogP contribution in [0.5, 0.6) is 0 Å². The fourth-order valence-electron chi connectivity index (χ4n) is 1.61. The number of ether oxygens (including phenoxy) is 1. The van der Waals surface area contributed by atoms with E-state index in [0.29, 0.717) is 24.6 Å². The van der Waals surface area contributed by atoms with E-state index in [2.05, 4.69) is 19.2 Å². The molecule has 18 heavy (non-hydrogen) atoms. The van der Waals surface area contributed by atoms with Gasteiger partial charge < -0.3 is 10.1 Å². The summed E-state index contributed by atoms with van der Waals surface area (Å²) in [5.74, 6) is -0.579. The zero-order chi connectivity index (χ0) is 13.5. The van der Waals surface area contributed by atoms with Gasteiger partial charge in [-0.3, -0.25) is 0 Å². The summed E-state index contributed by atoms with van der Waals surface area (Å²) in [5, 5.41) is 3.17. The van der Waals surface area contributed by atoms with Gasteiger partial charge in [0, 0.05) is 25.3 Å². The first kappa shape index (κ1) is 15.1. The van der Waals surface area contributed by atoms with Gasteiger partial charge in [-0.25, -0.2) is 8.78 Å². The van der Waals surface area contributed by atoms with Crippen LogP contribution in [0.2, 0.25) is 0 Å². The van der Waals surface area contributed by atoms with E-state index in [1.165, 1.54) is 12.1 Å². The number of hydrogen-bond acceptors (Lipinski definition) is 2. The van der Waals surface area contributed by atoms with Crippen molar-refractivity contribution < 1.29 is 13.5 Å². The Morgan fingerprint density at radius 1 is 1.11 bits per heavy atom. The lowest BCUT2D eigenvalue weighted by Gasteiger charge is -2.15. The van der Waals surface area contributed by atoms with Gasteiger partial charge in [0.25, 0.3) is 0 Å². The molecule has 0 radical (unpaired) electrons. The summed E-state index contributed by atoms with van der Waals surface area (Å²) in [6.07, 6.45) is 0. The molecule has 1 N–H and O–H groups in total. The molecule has 0 heterocycles. The van der Waals surface area contributed by atoms with Crippen LogP contribution in [0.25, 0.3) is 0 Å². The van der Waals surface area contributed by atoms with Gasteiger partial charge in [-0.15, -0.1) is 0 Å². The molecule has 1 rings (SSSR count). The van der Waals surface area contributed by atoms with Crippen LogP contribution in [0.4, 0.5) is 8.78 Å². The second kappa shape index (κ2) is 7.44. The summed E-state index contributed by atoms with van der Waals surface area (Å²) < 4.78 is 31.5. The van der Waals surface area contributed by atoms with Crippen molar-refractivity contribution in [2.45, 2.75) is 26.8 Å². The molecule has 0 aliphatic heterocycles. The molecule has 0 aromatic heterocycles. The van der Waals surface area contributed by atoms with Crippen LogP contribution in [0.15, 0.2) is 18.2 Å². The zero-order valence-corrected chi connectivity index (χ0v) is 11.2. The first-order chi connectivity index (χ1) is 8.49. The molecule has 4 heteroatoms. The van der Waals surface area contributed by atoms with Gasteiger partial charge >= 0.3 is 0 Å². The third-order valence-electron chi connectivity index (χ3n) is 2.53. The Kier molecular flexibility index (Phi) is 6.22. The van der Waals surface area contributed by atoms with E-state index >= 15 is 0 Å². The molecule has 102 valence electrons. The summed E-state index contributed by atoms with van der Waals surface area (Å²) in [4.78, 5) is 0. The lowest BCUT2D eigenvalue weighted by Crippen LogP contribution is -2.24. The molecule has 0 saturated heterocycles. The molecular weight excluding hydrogens is 236 g/mol. The van der Waals surface area contributed by atoms with Gasteiger partial charge in [0.15, 0.2) is 0 Å². The van der Waals surface area contributed by atoms with Crippen molar-refractivity contribution in [1.29, 1.82) is 0 Å². The molecule has 2 nitrogen and oxygen atoms in total. The minimum atomic E-state index is -0.547. The van der Waals surface area contributed by atoms with Crippen molar-refractivity contribution in [3.05, 3.63) is 35.4 Å². The van der Waals surface area contributed by atoms with Crippen molar-refractivity contribution >= 4 is 0 Å². The Hall–Kier alpha value is -1.00. The van der Waals surface area contributed by atoms with Crippen LogP contribution in [0.3, 0.4) is 0 Å². The number of nitrogens with one attached hydrogen (secondary N) is 1. The van der Waals surface area contributed by atoms with Crippen molar-refractivity contribution in [1.82, 2.24) is 5.32 Å². The highest BCUT2D eigenvalue weighted by Crippen LogP contribution is 2.15. The number of halogens is 2. The Labute approximate surface area is 107 Å². The highest BCUT2D eigenvalue weighted by atomic mass is 19.1. The van der Waals surface area contributed by atoms with Crippen LogP contribution in [-0.4, -0.2) is 19.8 Å². The predicted molar refractivity (Wildman–Crippen MR) is 68.4 cm³/mol. The highest BCUT2D eigenvalue weighted by Gasteiger charge is 2.07. The van der Waals surface area contributed by atoms with Crippen LogP contribution < -0.4 is 5.32 Å². The summed E-state index contributed by atoms with van der Waals surface area (Å²) in [6, 6.07) is 3.46. The molecule has 0 aliphatic rings. The Morgan fingerprint density at radius 2 is 1.72 bits per heavy atom. The van der Waals surface area contributed by atoms with E-state index in [1.807, 2.05) is 6.92 Å². The van der Waals surface area contributed by atoms with Crippen LogP contribution in [0, 0.1) is 17.6 Å². The topological polar surface area (TPSA) is 21.3 Å². The number of hydrogen-bond donors (Lipinski definition) is 1. The molecule has 1 aromatic rings. The van der Waals surface area contributed by atoms with Crippen LogP contribution >= 0.6 is 0 Å². The Bertz CT molecular complexity index is 349. The largest absolute Gasteiger partial charge is 0.380 e.